The largest absolute Gasteiger partial charge is 0.352 e. The van der Waals surface area contributed by atoms with Crippen molar-refractivity contribution in [1.29, 1.82) is 0 Å². The third-order valence-corrected chi connectivity index (χ3v) is 6.00. The van der Waals surface area contributed by atoms with Gasteiger partial charge in [-0.1, -0.05) is 36.4 Å². The van der Waals surface area contributed by atoms with Crippen LogP contribution in [0.3, 0.4) is 0 Å². The number of aryl methyl sites for hydroxylation is 3. The molecule has 0 saturated carbocycles. The Labute approximate surface area is 199 Å². The maximum absolute atomic E-state index is 13.2. The van der Waals surface area contributed by atoms with E-state index in [1.165, 1.54) is 5.56 Å². The van der Waals surface area contributed by atoms with Gasteiger partial charge in [-0.2, -0.15) is 0 Å². The van der Waals surface area contributed by atoms with Crippen molar-refractivity contribution in [2.24, 2.45) is 0 Å². The highest BCUT2D eigenvalue weighted by Gasteiger charge is 2.17. The highest BCUT2D eigenvalue weighted by Crippen LogP contribution is 2.25. The Morgan fingerprint density at radius 3 is 2.56 bits per heavy atom. The smallest absolute Gasteiger partial charge is 0.253 e. The Hall–Kier alpha value is -3.72. The molecule has 2 N–H and O–H groups in total. The zero-order chi connectivity index (χ0) is 24.0. The molecule has 4 rings (SSSR count). The average Bonchev–Trinajstić information content (AvgIpc) is 3.23. The molecule has 0 bridgehead atoms. The first-order chi connectivity index (χ1) is 16.4. The maximum Gasteiger partial charge on any atom is 0.253 e. The van der Waals surface area contributed by atoms with E-state index >= 15 is 0 Å². The summed E-state index contributed by atoms with van der Waals surface area (Å²) < 4.78 is 28.0. The predicted octanol–water partition coefficient (Wildman–Crippen LogP) is 3.41. The standard InChI is InChI=1S/C25H27N5O3S/c1-34(32,33)29-21-15-22(25(31)27-13-6-10-20-9-5-12-26-17-20)24-23(16-21)28-18-30(24)14-11-19-7-3-2-4-8-19/h2-5,7-9,12,15-18,29H,6,10-11,13-14H2,1H3,(H,27,31). The average molecular weight is 478 g/mol. The van der Waals surface area contributed by atoms with Crippen molar-refractivity contribution in [3.8, 4) is 0 Å². The van der Waals surface area contributed by atoms with E-state index in [9.17, 15) is 13.2 Å². The van der Waals surface area contributed by atoms with Gasteiger partial charge in [0.25, 0.3) is 5.91 Å². The van der Waals surface area contributed by atoms with Gasteiger partial charge in [0.15, 0.2) is 0 Å². The summed E-state index contributed by atoms with van der Waals surface area (Å²) in [7, 11) is -3.50. The number of pyridine rings is 1. The van der Waals surface area contributed by atoms with Gasteiger partial charge in [-0.05, 0) is 48.6 Å². The summed E-state index contributed by atoms with van der Waals surface area (Å²) >= 11 is 0. The number of carbonyl (C=O) groups excluding carboxylic acids is 1. The van der Waals surface area contributed by atoms with Crippen molar-refractivity contribution in [3.63, 3.8) is 0 Å². The number of imidazole rings is 1. The maximum atomic E-state index is 13.2. The second-order valence-electron chi connectivity index (χ2n) is 8.16. The molecule has 0 aliphatic rings. The monoisotopic (exact) mass is 477 g/mol. The number of hydrogen-bond donors (Lipinski definition) is 2. The van der Waals surface area contributed by atoms with E-state index < -0.39 is 10.0 Å². The molecular weight excluding hydrogens is 450 g/mol. The lowest BCUT2D eigenvalue weighted by Crippen LogP contribution is -2.26. The van der Waals surface area contributed by atoms with Crippen LogP contribution in [0, 0.1) is 0 Å². The molecule has 0 fully saturated rings. The van der Waals surface area contributed by atoms with E-state index in [4.69, 9.17) is 0 Å². The molecule has 2 aromatic heterocycles. The lowest BCUT2D eigenvalue weighted by atomic mass is 10.1. The number of nitrogens with one attached hydrogen (secondary N) is 2. The molecule has 4 aromatic rings. The normalized spacial score (nSPS) is 11.4. The van der Waals surface area contributed by atoms with Crippen LogP contribution in [0.15, 0.2) is 73.3 Å². The van der Waals surface area contributed by atoms with Crippen LogP contribution in [0.4, 0.5) is 5.69 Å². The molecule has 176 valence electrons. The van der Waals surface area contributed by atoms with E-state index in [0.29, 0.717) is 35.4 Å². The summed E-state index contributed by atoms with van der Waals surface area (Å²) in [5.74, 6) is -0.269. The first-order valence-electron chi connectivity index (χ1n) is 11.1. The summed E-state index contributed by atoms with van der Waals surface area (Å²) in [6.07, 6.45) is 8.65. The second kappa shape index (κ2) is 10.5. The van der Waals surface area contributed by atoms with Crippen molar-refractivity contribution >= 4 is 32.7 Å². The van der Waals surface area contributed by atoms with Gasteiger partial charge < -0.3 is 9.88 Å². The molecule has 0 atom stereocenters. The highest BCUT2D eigenvalue weighted by molar-refractivity contribution is 7.92. The van der Waals surface area contributed by atoms with E-state index in [-0.39, 0.29) is 5.91 Å². The fraction of sp³-hybridized carbons (Fsp3) is 0.240. The predicted molar refractivity (Wildman–Crippen MR) is 133 cm³/mol. The number of benzene rings is 2. The minimum atomic E-state index is -3.50. The van der Waals surface area contributed by atoms with Crippen LogP contribution in [0.5, 0.6) is 0 Å². The summed E-state index contributed by atoms with van der Waals surface area (Å²) in [5.41, 5.74) is 4.22. The molecule has 34 heavy (non-hydrogen) atoms. The van der Waals surface area contributed by atoms with Gasteiger partial charge in [0.05, 0.1) is 34.9 Å². The highest BCUT2D eigenvalue weighted by atomic mass is 32.2. The number of fused-ring (bicyclic) bond motifs is 1. The minimum absolute atomic E-state index is 0.269. The summed E-state index contributed by atoms with van der Waals surface area (Å²) in [6.45, 7) is 1.12. The molecule has 0 spiro atoms. The fourth-order valence-electron chi connectivity index (χ4n) is 3.85. The zero-order valence-corrected chi connectivity index (χ0v) is 19.8. The first-order valence-corrected chi connectivity index (χ1v) is 13.0. The van der Waals surface area contributed by atoms with Crippen molar-refractivity contribution in [1.82, 2.24) is 19.9 Å². The van der Waals surface area contributed by atoms with Gasteiger partial charge in [-0.15, -0.1) is 0 Å². The molecule has 2 aromatic carbocycles. The van der Waals surface area contributed by atoms with Crippen LogP contribution in [0.2, 0.25) is 0 Å². The van der Waals surface area contributed by atoms with Crippen LogP contribution in [-0.4, -0.2) is 41.7 Å². The second-order valence-corrected chi connectivity index (χ2v) is 9.91. The number of amides is 1. The lowest BCUT2D eigenvalue weighted by molar-refractivity contribution is 0.0954. The molecule has 2 heterocycles. The number of nitrogens with zero attached hydrogens (tertiary/aromatic N) is 3. The Bertz CT molecular complexity index is 1370. The Balaban J connectivity index is 1.55. The topological polar surface area (TPSA) is 106 Å². The van der Waals surface area contributed by atoms with Gasteiger partial charge in [-0.25, -0.2) is 13.4 Å². The van der Waals surface area contributed by atoms with E-state index in [2.05, 4.69) is 32.1 Å². The number of rotatable bonds is 10. The van der Waals surface area contributed by atoms with E-state index in [1.807, 2.05) is 41.1 Å². The van der Waals surface area contributed by atoms with Gasteiger partial charge in [-0.3, -0.25) is 14.5 Å². The summed E-state index contributed by atoms with van der Waals surface area (Å²) in [6, 6.07) is 17.2. The van der Waals surface area contributed by atoms with E-state index in [1.54, 1.807) is 24.7 Å². The molecule has 9 heteroatoms. The SMILES string of the molecule is CS(=O)(=O)Nc1cc(C(=O)NCCCc2cccnc2)c2c(c1)ncn2CCc1ccccc1. The van der Waals surface area contributed by atoms with Crippen molar-refractivity contribution in [2.75, 3.05) is 17.5 Å². The third-order valence-electron chi connectivity index (χ3n) is 5.40. The third kappa shape index (κ3) is 6.20. The molecule has 0 aliphatic heterocycles. The molecule has 0 radical (unpaired) electrons. The van der Waals surface area contributed by atoms with Crippen LogP contribution in [0.25, 0.3) is 11.0 Å². The van der Waals surface area contributed by atoms with E-state index in [0.717, 1.165) is 31.1 Å². The summed E-state index contributed by atoms with van der Waals surface area (Å²) in [5, 5.41) is 2.96. The van der Waals surface area contributed by atoms with Gasteiger partial charge in [0.1, 0.15) is 0 Å². The van der Waals surface area contributed by atoms with Crippen molar-refractivity contribution in [3.05, 3.63) is 90.0 Å². The zero-order valence-electron chi connectivity index (χ0n) is 18.9. The number of anilines is 1. The van der Waals surface area contributed by atoms with Crippen LogP contribution in [0.1, 0.15) is 27.9 Å². The van der Waals surface area contributed by atoms with Gasteiger partial charge >= 0.3 is 0 Å². The molecule has 0 aliphatic carbocycles. The lowest BCUT2D eigenvalue weighted by Gasteiger charge is -2.12. The Morgan fingerprint density at radius 1 is 1.03 bits per heavy atom. The number of hydrogen-bond acceptors (Lipinski definition) is 5. The molecule has 8 nitrogen and oxygen atoms in total. The number of sulfonamides is 1. The number of aromatic nitrogens is 3. The van der Waals surface area contributed by atoms with Crippen LogP contribution in [-0.2, 0) is 29.4 Å². The summed E-state index contributed by atoms with van der Waals surface area (Å²) in [4.78, 5) is 21.7. The molecule has 0 saturated heterocycles. The molecular formula is C25H27N5O3S. The van der Waals surface area contributed by atoms with Crippen LogP contribution < -0.4 is 10.0 Å². The molecule has 1 amide bonds. The molecule has 0 unspecified atom stereocenters. The first kappa shape index (κ1) is 23.4. The minimum Gasteiger partial charge on any atom is -0.352 e. The van der Waals surface area contributed by atoms with Crippen molar-refractivity contribution < 1.29 is 13.2 Å². The van der Waals surface area contributed by atoms with Crippen LogP contribution >= 0.6 is 0 Å². The number of carbonyl (C=O) groups is 1. The van der Waals surface area contributed by atoms with Gasteiger partial charge in [0.2, 0.25) is 10.0 Å². The quantitative estimate of drug-likeness (QED) is 0.341. The fourth-order valence-corrected chi connectivity index (χ4v) is 4.40. The Morgan fingerprint density at radius 2 is 1.82 bits per heavy atom. The Kier molecular flexibility index (Phi) is 7.22. The van der Waals surface area contributed by atoms with Gasteiger partial charge in [0, 0.05) is 25.5 Å². The van der Waals surface area contributed by atoms with Crippen molar-refractivity contribution in [2.45, 2.75) is 25.8 Å².